The van der Waals surface area contributed by atoms with Gasteiger partial charge in [0, 0.05) is 18.7 Å². The summed E-state index contributed by atoms with van der Waals surface area (Å²) >= 11 is 4.91. The molecule has 116 valence electrons. The fourth-order valence-corrected chi connectivity index (χ4v) is 4.42. The van der Waals surface area contributed by atoms with E-state index in [1.54, 1.807) is 19.1 Å². The summed E-state index contributed by atoms with van der Waals surface area (Å²) in [6, 6.07) is 4.96. The molecule has 7 heteroatoms. The highest BCUT2D eigenvalue weighted by atomic mass is 32.2. The van der Waals surface area contributed by atoms with Crippen molar-refractivity contribution in [2.24, 2.45) is 11.7 Å². The van der Waals surface area contributed by atoms with Gasteiger partial charge in [0.15, 0.2) is 0 Å². The quantitative estimate of drug-likeness (QED) is 0.810. The number of nitrogens with zero attached hydrogens (tertiary/aromatic N) is 1. The minimum absolute atomic E-state index is 0.0763. The van der Waals surface area contributed by atoms with Gasteiger partial charge in [-0.3, -0.25) is 0 Å². The first kappa shape index (κ1) is 16.4. The molecule has 2 rings (SSSR count). The number of rotatable bonds is 3. The Balaban J connectivity index is 2.40. The summed E-state index contributed by atoms with van der Waals surface area (Å²) in [6.45, 7) is 4.24. The number of hydrogen-bond donors (Lipinski definition) is 2. The topological polar surface area (TPSA) is 83.6 Å². The van der Waals surface area contributed by atoms with Crippen molar-refractivity contribution in [1.82, 2.24) is 4.31 Å². The van der Waals surface area contributed by atoms with Gasteiger partial charge in [0.2, 0.25) is 10.0 Å². The van der Waals surface area contributed by atoms with E-state index in [2.05, 4.69) is 0 Å². The van der Waals surface area contributed by atoms with Gasteiger partial charge in [0.25, 0.3) is 0 Å². The van der Waals surface area contributed by atoms with Crippen LogP contribution in [-0.2, 0) is 10.0 Å². The third kappa shape index (κ3) is 3.26. The van der Waals surface area contributed by atoms with E-state index in [1.165, 1.54) is 10.4 Å². The van der Waals surface area contributed by atoms with Crippen molar-refractivity contribution in [2.45, 2.75) is 31.3 Å². The van der Waals surface area contributed by atoms with Gasteiger partial charge in [-0.1, -0.05) is 31.3 Å². The van der Waals surface area contributed by atoms with Gasteiger partial charge in [-0.15, -0.1) is 0 Å². The zero-order valence-corrected chi connectivity index (χ0v) is 13.7. The third-order valence-electron chi connectivity index (χ3n) is 3.91. The van der Waals surface area contributed by atoms with Gasteiger partial charge in [-0.05, 0) is 30.9 Å². The Labute approximate surface area is 130 Å². The van der Waals surface area contributed by atoms with Crippen molar-refractivity contribution in [3.05, 3.63) is 29.3 Å². The molecule has 2 atom stereocenters. The number of aryl methyl sites for hydroxylation is 1. The first-order valence-electron chi connectivity index (χ1n) is 6.82. The first-order valence-corrected chi connectivity index (χ1v) is 8.67. The first-order chi connectivity index (χ1) is 9.73. The Bertz CT molecular complexity index is 658. The third-order valence-corrected chi connectivity index (χ3v) is 6.16. The Morgan fingerprint density at radius 2 is 2.14 bits per heavy atom. The highest BCUT2D eigenvalue weighted by Gasteiger charge is 2.33. The van der Waals surface area contributed by atoms with Crippen molar-refractivity contribution in [1.29, 1.82) is 0 Å². The highest BCUT2D eigenvalue weighted by molar-refractivity contribution is 7.89. The molecule has 1 heterocycles. The van der Waals surface area contributed by atoms with E-state index in [-0.39, 0.29) is 15.8 Å². The zero-order chi connectivity index (χ0) is 15.8. The molecule has 0 amide bonds. The molecule has 0 spiro atoms. The van der Waals surface area contributed by atoms with Crippen LogP contribution in [0.1, 0.15) is 24.5 Å². The molecule has 0 bridgehead atoms. The lowest BCUT2D eigenvalue weighted by molar-refractivity contribution is 0.0628. The Kier molecular flexibility index (Phi) is 4.67. The van der Waals surface area contributed by atoms with Gasteiger partial charge in [-0.2, -0.15) is 4.31 Å². The number of hydrogen-bond acceptors (Lipinski definition) is 4. The highest BCUT2D eigenvalue weighted by Crippen LogP contribution is 2.26. The summed E-state index contributed by atoms with van der Waals surface area (Å²) in [5, 5.41) is 9.75. The molecular weight excluding hydrogens is 308 g/mol. The summed E-state index contributed by atoms with van der Waals surface area (Å²) < 4.78 is 27.0. The van der Waals surface area contributed by atoms with Gasteiger partial charge in [0.1, 0.15) is 4.99 Å². The number of nitrogens with two attached hydrogens (primary N) is 1. The molecule has 1 saturated heterocycles. The number of thiocarbonyl (C=S) groups is 1. The second-order valence-electron chi connectivity index (χ2n) is 5.54. The normalized spacial score (nSPS) is 24.0. The van der Waals surface area contributed by atoms with E-state index in [9.17, 15) is 13.5 Å². The Morgan fingerprint density at radius 3 is 2.71 bits per heavy atom. The lowest BCUT2D eigenvalue weighted by atomic mass is 9.99. The predicted molar refractivity (Wildman–Crippen MR) is 85.6 cm³/mol. The fourth-order valence-electron chi connectivity index (χ4n) is 2.48. The van der Waals surface area contributed by atoms with Crippen LogP contribution in [0.5, 0.6) is 0 Å². The fraction of sp³-hybridized carbons (Fsp3) is 0.500. The minimum Gasteiger partial charge on any atom is -0.393 e. The number of aliphatic hydroxyl groups excluding tert-OH is 1. The molecular formula is C14H20N2O3S2. The summed E-state index contributed by atoms with van der Waals surface area (Å²) in [6.07, 6.45) is 0.00883. The molecule has 1 aromatic rings. The Morgan fingerprint density at radius 1 is 1.48 bits per heavy atom. The molecule has 1 fully saturated rings. The van der Waals surface area contributed by atoms with Crippen LogP contribution in [0.2, 0.25) is 0 Å². The predicted octanol–water partition coefficient (Wildman–Crippen LogP) is 1.02. The van der Waals surface area contributed by atoms with Crippen molar-refractivity contribution in [2.75, 3.05) is 13.1 Å². The number of sulfonamides is 1. The largest absolute Gasteiger partial charge is 0.393 e. The van der Waals surface area contributed by atoms with Crippen LogP contribution in [0.4, 0.5) is 0 Å². The van der Waals surface area contributed by atoms with Crippen LogP contribution < -0.4 is 5.73 Å². The van der Waals surface area contributed by atoms with E-state index < -0.39 is 16.1 Å². The summed E-state index contributed by atoms with van der Waals surface area (Å²) in [5.74, 6) is -0.0763. The number of piperidine rings is 1. The van der Waals surface area contributed by atoms with Gasteiger partial charge < -0.3 is 10.8 Å². The van der Waals surface area contributed by atoms with Crippen LogP contribution in [0.3, 0.4) is 0 Å². The Hall–Kier alpha value is -1.02. The maximum absolute atomic E-state index is 12.8. The maximum Gasteiger partial charge on any atom is 0.243 e. The SMILES string of the molecule is Cc1ccc(C(N)=S)cc1S(=O)(=O)N1CCC(O)C(C)C1. The lowest BCUT2D eigenvalue weighted by Gasteiger charge is -2.33. The van der Waals surface area contributed by atoms with E-state index >= 15 is 0 Å². The second-order valence-corrected chi connectivity index (χ2v) is 7.89. The van der Waals surface area contributed by atoms with Gasteiger partial charge in [-0.25, -0.2) is 8.42 Å². The van der Waals surface area contributed by atoms with Crippen LogP contribution >= 0.6 is 12.2 Å². The molecule has 1 aromatic carbocycles. The summed E-state index contributed by atoms with van der Waals surface area (Å²) in [5.41, 5.74) is 6.79. The van der Waals surface area contributed by atoms with Crippen LogP contribution in [0, 0.1) is 12.8 Å². The average Bonchev–Trinajstić information content (AvgIpc) is 2.41. The lowest BCUT2D eigenvalue weighted by Crippen LogP contribution is -2.45. The van der Waals surface area contributed by atoms with Gasteiger partial charge >= 0.3 is 0 Å². The van der Waals surface area contributed by atoms with E-state index in [4.69, 9.17) is 18.0 Å². The number of aliphatic hydroxyl groups is 1. The molecule has 0 saturated carbocycles. The molecule has 1 aliphatic rings. The van der Waals surface area contributed by atoms with Crippen LogP contribution in [0.25, 0.3) is 0 Å². The van der Waals surface area contributed by atoms with E-state index in [0.29, 0.717) is 30.6 Å². The molecule has 3 N–H and O–H groups in total. The second kappa shape index (κ2) is 6.00. The average molecular weight is 328 g/mol. The zero-order valence-electron chi connectivity index (χ0n) is 12.1. The smallest absolute Gasteiger partial charge is 0.243 e. The summed E-state index contributed by atoms with van der Waals surface area (Å²) in [7, 11) is -3.60. The van der Waals surface area contributed by atoms with Gasteiger partial charge in [0.05, 0.1) is 11.0 Å². The van der Waals surface area contributed by atoms with Crippen LogP contribution in [0.15, 0.2) is 23.1 Å². The summed E-state index contributed by atoms with van der Waals surface area (Å²) in [4.78, 5) is 0.408. The molecule has 5 nitrogen and oxygen atoms in total. The van der Waals surface area contributed by atoms with E-state index in [0.717, 1.165) is 0 Å². The molecule has 1 aliphatic heterocycles. The van der Waals surface area contributed by atoms with Crippen molar-refractivity contribution in [3.8, 4) is 0 Å². The van der Waals surface area contributed by atoms with Crippen molar-refractivity contribution >= 4 is 27.2 Å². The monoisotopic (exact) mass is 328 g/mol. The van der Waals surface area contributed by atoms with Crippen molar-refractivity contribution in [3.63, 3.8) is 0 Å². The molecule has 2 unspecified atom stereocenters. The van der Waals surface area contributed by atoms with E-state index in [1.807, 2.05) is 6.92 Å². The number of benzene rings is 1. The van der Waals surface area contributed by atoms with Crippen molar-refractivity contribution < 1.29 is 13.5 Å². The molecule has 21 heavy (non-hydrogen) atoms. The maximum atomic E-state index is 12.8. The van der Waals surface area contributed by atoms with Crippen LogP contribution in [-0.4, -0.2) is 42.0 Å². The molecule has 0 aromatic heterocycles. The minimum atomic E-state index is -3.60. The standard InChI is InChI=1S/C14H20N2O3S2/c1-9-3-4-11(14(15)20)7-13(9)21(18,19)16-6-5-12(17)10(2)8-16/h3-4,7,10,12,17H,5-6,8H2,1-2H3,(H2,15,20). The molecule has 0 aliphatic carbocycles. The molecule has 0 radical (unpaired) electrons.